The van der Waals surface area contributed by atoms with Gasteiger partial charge in [-0.3, -0.25) is 19.3 Å². The molecule has 50 heavy (non-hydrogen) atoms. The van der Waals surface area contributed by atoms with Crippen molar-refractivity contribution >= 4 is 27.6 Å². The van der Waals surface area contributed by atoms with Crippen molar-refractivity contribution in [2.45, 2.75) is 108 Å². The number of aliphatic hydroxyl groups excluding tert-OH is 1. The molecule has 12 heteroatoms. The second kappa shape index (κ2) is 16.0. The number of hydrogen-bond acceptors (Lipinski definition) is 8. The van der Waals surface area contributed by atoms with Crippen molar-refractivity contribution in [1.29, 1.82) is 5.26 Å². The summed E-state index contributed by atoms with van der Waals surface area (Å²) in [7, 11) is -3.90. The molecule has 6 atom stereocenters. The summed E-state index contributed by atoms with van der Waals surface area (Å²) in [5.74, 6) is -0.691. The Labute approximate surface area is 297 Å². The number of carbonyl (C=O) groups excluding carboxylic acids is 3. The average molecular weight is 708 g/mol. The molecular formula is C38H53N5O6S. The van der Waals surface area contributed by atoms with Gasteiger partial charge in [0.2, 0.25) is 11.8 Å². The normalized spacial score (nSPS) is 21.8. The first kappa shape index (κ1) is 39.0. The molecule has 1 aliphatic carbocycles. The molecule has 1 saturated carbocycles. The van der Waals surface area contributed by atoms with Crippen molar-refractivity contribution in [2.24, 2.45) is 11.8 Å². The first-order chi connectivity index (χ1) is 23.4. The van der Waals surface area contributed by atoms with E-state index in [0.717, 1.165) is 37.5 Å². The zero-order valence-corrected chi connectivity index (χ0v) is 30.9. The molecule has 2 aromatic carbocycles. The fraction of sp³-hybridized carbons (Fsp3) is 0.579. The van der Waals surface area contributed by atoms with Crippen LogP contribution in [-0.4, -0.2) is 90.0 Å². The van der Waals surface area contributed by atoms with Gasteiger partial charge in [-0.15, -0.1) is 0 Å². The highest BCUT2D eigenvalue weighted by Gasteiger charge is 2.46. The van der Waals surface area contributed by atoms with Gasteiger partial charge >= 0.3 is 0 Å². The van der Waals surface area contributed by atoms with E-state index in [4.69, 9.17) is 5.26 Å². The number of carbonyl (C=O) groups is 3. The highest BCUT2D eigenvalue weighted by atomic mass is 32.2. The van der Waals surface area contributed by atoms with Crippen molar-refractivity contribution in [3.05, 3.63) is 71.3 Å². The van der Waals surface area contributed by atoms with Crippen LogP contribution >= 0.6 is 0 Å². The van der Waals surface area contributed by atoms with Gasteiger partial charge in [-0.2, -0.15) is 5.26 Å². The van der Waals surface area contributed by atoms with E-state index in [9.17, 15) is 27.9 Å². The van der Waals surface area contributed by atoms with Gasteiger partial charge in [0, 0.05) is 30.4 Å². The number of rotatable bonds is 12. The Morgan fingerprint density at radius 1 is 0.960 bits per heavy atom. The average Bonchev–Trinajstić information content (AvgIpc) is 3.05. The Hall–Kier alpha value is -3.79. The zero-order chi connectivity index (χ0) is 36.9. The molecule has 1 saturated heterocycles. The molecule has 3 amide bonds. The van der Waals surface area contributed by atoms with Gasteiger partial charge in [0.05, 0.1) is 34.6 Å². The number of hydrogen-bond donors (Lipinski definition) is 4. The molecule has 0 spiro atoms. The van der Waals surface area contributed by atoms with Crippen LogP contribution in [-0.2, 0) is 25.8 Å². The number of sulfone groups is 1. The molecule has 2 unspecified atom stereocenters. The predicted octanol–water partition coefficient (Wildman–Crippen LogP) is 3.36. The Kier molecular flexibility index (Phi) is 12.5. The lowest BCUT2D eigenvalue weighted by Crippen LogP contribution is -2.64. The molecule has 4 N–H and O–H groups in total. The van der Waals surface area contributed by atoms with Gasteiger partial charge in [0.15, 0.2) is 9.84 Å². The number of nitrogens with one attached hydrogen (secondary N) is 3. The van der Waals surface area contributed by atoms with Gasteiger partial charge in [0.1, 0.15) is 6.04 Å². The van der Waals surface area contributed by atoms with Gasteiger partial charge in [-0.1, -0.05) is 49.6 Å². The largest absolute Gasteiger partial charge is 0.390 e. The summed E-state index contributed by atoms with van der Waals surface area (Å²) in [6.45, 7) is 9.34. The van der Waals surface area contributed by atoms with Gasteiger partial charge < -0.3 is 21.1 Å². The van der Waals surface area contributed by atoms with Gasteiger partial charge in [-0.05, 0) is 95.5 Å². The molecular weight excluding hydrogens is 655 g/mol. The van der Waals surface area contributed by atoms with Gasteiger partial charge in [0.25, 0.3) is 5.91 Å². The fourth-order valence-corrected chi connectivity index (χ4v) is 7.69. The van der Waals surface area contributed by atoms with E-state index in [2.05, 4.69) is 16.0 Å². The lowest BCUT2D eigenvalue weighted by Gasteiger charge is -2.47. The third-order valence-electron chi connectivity index (χ3n) is 10.3. The third-order valence-corrected chi connectivity index (χ3v) is 12.4. The summed E-state index contributed by atoms with van der Waals surface area (Å²) in [5.41, 5.74) is 0.900. The summed E-state index contributed by atoms with van der Waals surface area (Å²) in [6, 6.07) is 14.2. The van der Waals surface area contributed by atoms with Crippen LogP contribution in [0.3, 0.4) is 0 Å². The van der Waals surface area contributed by atoms with E-state index in [1.165, 1.54) is 38.1 Å². The number of piperidine rings is 1. The fourth-order valence-electron chi connectivity index (χ4n) is 7.09. The summed E-state index contributed by atoms with van der Waals surface area (Å²) in [5, 5.41) is 29.7. The smallest absolute Gasteiger partial charge is 0.251 e. The molecule has 2 aromatic rings. The van der Waals surface area contributed by atoms with Crippen molar-refractivity contribution < 1.29 is 27.9 Å². The lowest BCUT2D eigenvalue weighted by molar-refractivity contribution is -0.133. The van der Waals surface area contributed by atoms with Crippen LogP contribution in [0.5, 0.6) is 0 Å². The monoisotopic (exact) mass is 707 g/mol. The maximum absolute atomic E-state index is 14.2. The van der Waals surface area contributed by atoms with E-state index in [-0.39, 0.29) is 24.4 Å². The summed E-state index contributed by atoms with van der Waals surface area (Å²) in [6.07, 6.45) is 5.22. The van der Waals surface area contributed by atoms with Gasteiger partial charge in [-0.25, -0.2) is 8.42 Å². The molecule has 1 heterocycles. The number of nitrogens with zero attached hydrogens (tertiary/aromatic N) is 2. The number of nitriles is 1. The van der Waals surface area contributed by atoms with Crippen LogP contribution in [0.2, 0.25) is 0 Å². The van der Waals surface area contributed by atoms with Crippen LogP contribution in [0.25, 0.3) is 0 Å². The Morgan fingerprint density at radius 2 is 1.58 bits per heavy atom. The van der Waals surface area contributed by atoms with E-state index >= 15 is 0 Å². The van der Waals surface area contributed by atoms with Crippen LogP contribution in [0, 0.1) is 23.2 Å². The Morgan fingerprint density at radius 3 is 2.16 bits per heavy atom. The van der Waals surface area contributed by atoms with Crippen LogP contribution < -0.4 is 16.0 Å². The van der Waals surface area contributed by atoms with E-state index in [1.807, 2.05) is 62.1 Å². The molecule has 1 aliphatic heterocycles. The van der Waals surface area contributed by atoms with Crippen molar-refractivity contribution in [2.75, 3.05) is 19.3 Å². The van der Waals surface area contributed by atoms with Crippen LogP contribution in [0.15, 0.2) is 54.6 Å². The first-order valence-electron chi connectivity index (χ1n) is 17.5. The Bertz CT molecular complexity index is 1650. The molecule has 2 aliphatic rings. The minimum absolute atomic E-state index is 0.0853. The number of likely N-dealkylation sites (tertiary alicyclic amines) is 1. The second-order valence-electron chi connectivity index (χ2n) is 15.6. The topological polar surface area (TPSA) is 169 Å². The number of aliphatic hydroxyl groups is 1. The van der Waals surface area contributed by atoms with Crippen LogP contribution in [0.1, 0.15) is 88.2 Å². The number of amides is 3. The minimum Gasteiger partial charge on any atom is -0.390 e. The standard InChI is InChI=1S/C38H53N5O6S/c1-37(2,3)42-35(46)31-21-28-14-10-11-15-29(28)23-43(31)24-32(44)30(20-25-12-8-7-9-13-25)40-36(47)33(38(4,5)50(6,48)49)41-34(45)27-18-16-26(22-39)17-19-27/h7-9,12-13,16-19,28-33,44H,10-11,14-15,20-21,23-24H2,1-6H3,(H,40,47)(H,41,45)(H,42,46)/t28?,29?,30-,31-,32+,33+/m0/s1. The van der Waals surface area contributed by atoms with Crippen LogP contribution in [0.4, 0.5) is 0 Å². The predicted molar refractivity (Wildman–Crippen MR) is 193 cm³/mol. The third kappa shape index (κ3) is 9.92. The van der Waals surface area contributed by atoms with E-state index < -0.39 is 56.2 Å². The maximum atomic E-state index is 14.2. The second-order valence-corrected chi connectivity index (χ2v) is 18.2. The van der Waals surface area contributed by atoms with Crippen molar-refractivity contribution in [3.63, 3.8) is 0 Å². The molecule has 2 fully saturated rings. The summed E-state index contributed by atoms with van der Waals surface area (Å²) >= 11 is 0. The Balaban J connectivity index is 1.63. The quantitative estimate of drug-likeness (QED) is 0.261. The molecule has 0 aromatic heterocycles. The number of fused-ring (bicyclic) bond motifs is 1. The zero-order valence-electron chi connectivity index (χ0n) is 30.1. The van der Waals surface area contributed by atoms with E-state index in [0.29, 0.717) is 30.4 Å². The highest BCUT2D eigenvalue weighted by molar-refractivity contribution is 7.92. The molecule has 11 nitrogen and oxygen atoms in total. The number of benzene rings is 2. The van der Waals surface area contributed by atoms with Crippen molar-refractivity contribution in [3.8, 4) is 6.07 Å². The molecule has 0 radical (unpaired) electrons. The summed E-state index contributed by atoms with van der Waals surface area (Å²) < 4.78 is 24.3. The number of β-amino-alcohol motifs (C(OH)–C–C–N with tert-alkyl or cyclic N) is 1. The SMILES string of the molecule is CC(C)(C)NC(=O)[C@@H]1CC2CCCCC2CN1C[C@@H](O)[C@H](Cc1ccccc1)NC(=O)[C@@H](NC(=O)c1ccc(C#N)cc1)C(C)(C)S(C)(=O)=O. The molecule has 0 bridgehead atoms. The van der Waals surface area contributed by atoms with E-state index in [1.54, 1.807) is 0 Å². The minimum atomic E-state index is -3.90. The lowest BCUT2D eigenvalue weighted by atomic mass is 9.72. The first-order valence-corrected chi connectivity index (χ1v) is 19.4. The molecule has 272 valence electrons. The summed E-state index contributed by atoms with van der Waals surface area (Å²) in [4.78, 5) is 43.3. The highest BCUT2D eigenvalue weighted by Crippen LogP contribution is 2.39. The van der Waals surface area contributed by atoms with Crippen molar-refractivity contribution in [1.82, 2.24) is 20.9 Å². The molecule has 4 rings (SSSR count). The maximum Gasteiger partial charge on any atom is 0.251 e.